The average Bonchev–Trinajstić information content (AvgIpc) is 2.75. The van der Waals surface area contributed by atoms with Crippen molar-refractivity contribution in [2.75, 3.05) is 23.3 Å². The van der Waals surface area contributed by atoms with Crippen molar-refractivity contribution in [3.63, 3.8) is 0 Å². The number of hydrogen-bond acceptors (Lipinski definition) is 7. The fraction of sp³-hybridized carbons (Fsp3) is 0.190. The molecule has 0 aliphatic carbocycles. The fourth-order valence-corrected chi connectivity index (χ4v) is 3.76. The lowest BCUT2D eigenvalue weighted by Gasteiger charge is -2.14. The molecule has 0 aliphatic heterocycles. The number of nitrogens with two attached hydrogens (primary N) is 1. The van der Waals surface area contributed by atoms with Gasteiger partial charge in [-0.15, -0.1) is 23.5 Å². The van der Waals surface area contributed by atoms with Crippen molar-refractivity contribution in [3.05, 3.63) is 59.2 Å². The summed E-state index contributed by atoms with van der Waals surface area (Å²) in [6, 6.07) is 13.7. The molecular formula is C21H23N5OS2. The van der Waals surface area contributed by atoms with E-state index < -0.39 is 0 Å². The van der Waals surface area contributed by atoms with Gasteiger partial charge in [-0.25, -0.2) is 15.8 Å². The molecule has 1 aromatic heterocycles. The highest BCUT2D eigenvalue weighted by Gasteiger charge is 2.21. The summed E-state index contributed by atoms with van der Waals surface area (Å²) in [5.74, 6) is 6.20. The molecule has 6 nitrogen and oxygen atoms in total. The van der Waals surface area contributed by atoms with Crippen molar-refractivity contribution in [2.24, 2.45) is 5.84 Å². The predicted molar refractivity (Wildman–Crippen MR) is 123 cm³/mol. The molecule has 150 valence electrons. The van der Waals surface area contributed by atoms with Gasteiger partial charge in [0.25, 0.3) is 5.91 Å². The molecule has 0 fully saturated rings. The number of anilines is 2. The number of nitrogens with one attached hydrogen (secondary N) is 2. The summed E-state index contributed by atoms with van der Waals surface area (Å²) in [4.78, 5) is 23.3. The molecule has 3 rings (SSSR count). The second-order valence-electron chi connectivity index (χ2n) is 6.41. The van der Waals surface area contributed by atoms with Crippen molar-refractivity contribution in [1.29, 1.82) is 0 Å². The molecule has 29 heavy (non-hydrogen) atoms. The topological polar surface area (TPSA) is 92.9 Å². The Morgan fingerprint density at radius 3 is 2.28 bits per heavy atom. The van der Waals surface area contributed by atoms with E-state index in [2.05, 4.69) is 20.7 Å². The van der Waals surface area contributed by atoms with E-state index in [-0.39, 0.29) is 11.7 Å². The molecule has 0 saturated carbocycles. The fourth-order valence-electron chi connectivity index (χ4n) is 2.78. The van der Waals surface area contributed by atoms with Gasteiger partial charge in [-0.3, -0.25) is 4.79 Å². The standard InChI is InChI=1S/C21H23N5OS2/c1-12-5-8-15(11-13(12)2)23-20(27)17-19(26-22)24-18(25-21(17)29-4)14-6-9-16(28-3)10-7-14/h5-11H,22H2,1-4H3,(H,23,27)(H,24,25,26). The summed E-state index contributed by atoms with van der Waals surface area (Å²) >= 11 is 3.04. The Labute approximate surface area is 179 Å². The van der Waals surface area contributed by atoms with Gasteiger partial charge >= 0.3 is 0 Å². The molecule has 2 aromatic carbocycles. The van der Waals surface area contributed by atoms with Gasteiger partial charge in [-0.2, -0.15) is 0 Å². The van der Waals surface area contributed by atoms with Crippen molar-refractivity contribution in [1.82, 2.24) is 9.97 Å². The van der Waals surface area contributed by atoms with E-state index in [1.54, 1.807) is 11.8 Å². The van der Waals surface area contributed by atoms with Crippen molar-refractivity contribution >= 4 is 40.9 Å². The van der Waals surface area contributed by atoms with Crippen LogP contribution in [0.5, 0.6) is 0 Å². The van der Waals surface area contributed by atoms with Gasteiger partial charge in [0.05, 0.1) is 0 Å². The molecule has 1 heterocycles. The van der Waals surface area contributed by atoms with Crippen LogP contribution in [0.4, 0.5) is 11.5 Å². The Hall–Kier alpha value is -2.55. The van der Waals surface area contributed by atoms with Crippen LogP contribution in [0.3, 0.4) is 0 Å². The Balaban J connectivity index is 1.99. The molecule has 8 heteroatoms. The zero-order chi connectivity index (χ0) is 21.0. The molecule has 0 saturated heterocycles. The summed E-state index contributed by atoms with van der Waals surface area (Å²) in [5, 5.41) is 3.47. The van der Waals surface area contributed by atoms with E-state index >= 15 is 0 Å². The number of aryl methyl sites for hydroxylation is 2. The zero-order valence-electron chi connectivity index (χ0n) is 16.7. The molecule has 0 bridgehead atoms. The van der Waals surface area contributed by atoms with E-state index in [0.29, 0.717) is 22.1 Å². The number of nitrogens with zero attached hydrogens (tertiary/aromatic N) is 2. The Bertz CT molecular complexity index is 1010. The summed E-state index contributed by atoms with van der Waals surface area (Å²) < 4.78 is 0. The third-order valence-electron chi connectivity index (χ3n) is 4.55. The zero-order valence-corrected chi connectivity index (χ0v) is 18.4. The first-order valence-corrected chi connectivity index (χ1v) is 11.4. The Morgan fingerprint density at radius 1 is 0.966 bits per heavy atom. The summed E-state index contributed by atoms with van der Waals surface area (Å²) in [6.45, 7) is 4.03. The number of carbonyl (C=O) groups is 1. The first kappa shape index (κ1) is 21.2. The van der Waals surface area contributed by atoms with Gasteiger partial charge in [-0.1, -0.05) is 18.2 Å². The number of benzene rings is 2. The highest BCUT2D eigenvalue weighted by Crippen LogP contribution is 2.29. The van der Waals surface area contributed by atoms with E-state index in [1.165, 1.54) is 11.8 Å². The normalized spacial score (nSPS) is 10.7. The van der Waals surface area contributed by atoms with Crippen LogP contribution < -0.4 is 16.6 Å². The lowest BCUT2D eigenvalue weighted by atomic mass is 10.1. The maximum atomic E-state index is 13.0. The van der Waals surface area contributed by atoms with E-state index in [4.69, 9.17) is 5.84 Å². The predicted octanol–water partition coefficient (Wildman–Crippen LogP) is 4.74. The van der Waals surface area contributed by atoms with Crippen LogP contribution in [-0.4, -0.2) is 28.4 Å². The average molecular weight is 426 g/mol. The van der Waals surface area contributed by atoms with Crippen molar-refractivity contribution in [3.8, 4) is 11.4 Å². The largest absolute Gasteiger partial charge is 0.322 e. The number of nitrogen functional groups attached to an aromatic ring is 1. The summed E-state index contributed by atoms with van der Waals surface area (Å²) in [5.41, 5.74) is 6.72. The highest BCUT2D eigenvalue weighted by atomic mass is 32.2. The lowest BCUT2D eigenvalue weighted by Crippen LogP contribution is -2.21. The minimum atomic E-state index is -0.310. The molecule has 0 aliphatic rings. The second kappa shape index (κ2) is 9.30. The van der Waals surface area contributed by atoms with Crippen LogP contribution >= 0.6 is 23.5 Å². The molecule has 0 atom stereocenters. The number of aromatic nitrogens is 2. The minimum Gasteiger partial charge on any atom is -0.322 e. The molecular weight excluding hydrogens is 402 g/mol. The van der Waals surface area contributed by atoms with Crippen LogP contribution in [0.25, 0.3) is 11.4 Å². The van der Waals surface area contributed by atoms with Crippen molar-refractivity contribution < 1.29 is 4.79 Å². The summed E-state index contributed by atoms with van der Waals surface area (Å²) in [6.07, 6.45) is 3.90. The smallest absolute Gasteiger partial charge is 0.262 e. The number of amides is 1. The first-order valence-electron chi connectivity index (χ1n) is 8.92. The number of hydrogen-bond donors (Lipinski definition) is 3. The number of carbonyl (C=O) groups excluding carboxylic acids is 1. The number of rotatable bonds is 6. The van der Waals surface area contributed by atoms with E-state index in [1.807, 2.05) is 68.8 Å². The van der Waals surface area contributed by atoms with Crippen LogP contribution in [-0.2, 0) is 0 Å². The first-order chi connectivity index (χ1) is 14.0. The third-order valence-corrected chi connectivity index (χ3v) is 5.97. The molecule has 3 aromatic rings. The van der Waals surface area contributed by atoms with Gasteiger partial charge < -0.3 is 10.7 Å². The maximum Gasteiger partial charge on any atom is 0.262 e. The molecule has 1 amide bonds. The van der Waals surface area contributed by atoms with Crippen LogP contribution in [0.15, 0.2) is 52.4 Å². The Morgan fingerprint density at radius 2 is 1.69 bits per heavy atom. The van der Waals surface area contributed by atoms with Crippen LogP contribution in [0.1, 0.15) is 21.5 Å². The SMILES string of the molecule is CSc1ccc(-c2nc(NN)c(C(=O)Nc3ccc(C)c(C)c3)c(SC)n2)cc1. The van der Waals surface area contributed by atoms with Gasteiger partial charge in [0.15, 0.2) is 11.6 Å². The van der Waals surface area contributed by atoms with Crippen LogP contribution in [0.2, 0.25) is 0 Å². The van der Waals surface area contributed by atoms with Crippen LogP contribution in [0, 0.1) is 13.8 Å². The number of hydrazine groups is 1. The van der Waals surface area contributed by atoms with Gasteiger partial charge in [-0.05, 0) is 61.8 Å². The Kier molecular flexibility index (Phi) is 6.79. The molecule has 0 radical (unpaired) electrons. The van der Waals surface area contributed by atoms with E-state index in [0.717, 1.165) is 21.6 Å². The number of thioether (sulfide) groups is 2. The quantitative estimate of drug-likeness (QED) is 0.227. The second-order valence-corrected chi connectivity index (χ2v) is 8.08. The third kappa shape index (κ3) is 4.72. The van der Waals surface area contributed by atoms with Crippen molar-refractivity contribution in [2.45, 2.75) is 23.8 Å². The maximum absolute atomic E-state index is 13.0. The molecule has 0 unspecified atom stereocenters. The highest BCUT2D eigenvalue weighted by molar-refractivity contribution is 7.98. The minimum absolute atomic E-state index is 0.287. The van der Waals surface area contributed by atoms with E-state index in [9.17, 15) is 4.79 Å². The molecule has 0 spiro atoms. The lowest BCUT2D eigenvalue weighted by molar-refractivity contribution is 0.102. The monoisotopic (exact) mass is 425 g/mol. The van der Waals surface area contributed by atoms with Gasteiger partial charge in [0, 0.05) is 16.1 Å². The summed E-state index contributed by atoms with van der Waals surface area (Å²) in [7, 11) is 0. The van der Waals surface area contributed by atoms with Gasteiger partial charge in [0.2, 0.25) is 0 Å². The van der Waals surface area contributed by atoms with Gasteiger partial charge in [0.1, 0.15) is 10.6 Å². The molecule has 4 N–H and O–H groups in total.